The molecule has 6 nitrogen and oxygen atoms in total. The third-order valence-corrected chi connectivity index (χ3v) is 4.53. The third-order valence-electron chi connectivity index (χ3n) is 4.53. The van der Waals surface area contributed by atoms with Crippen LogP contribution in [-0.4, -0.2) is 26.3 Å². The van der Waals surface area contributed by atoms with Crippen molar-refractivity contribution >= 4 is 5.65 Å². The van der Waals surface area contributed by atoms with Gasteiger partial charge in [-0.3, -0.25) is 9.38 Å². The second-order valence-corrected chi connectivity index (χ2v) is 6.03. The number of nitrogens with zero attached hydrogens (tertiary/aromatic N) is 3. The Balaban J connectivity index is 1.66. The zero-order valence-corrected chi connectivity index (χ0v) is 13.8. The second-order valence-electron chi connectivity index (χ2n) is 6.03. The minimum absolute atomic E-state index is 0.0329. The van der Waals surface area contributed by atoms with Gasteiger partial charge in [-0.1, -0.05) is 24.3 Å². The van der Waals surface area contributed by atoms with Gasteiger partial charge in [0.2, 0.25) is 6.79 Å². The van der Waals surface area contributed by atoms with Crippen LogP contribution in [0, 0.1) is 0 Å². The molecule has 1 aliphatic heterocycles. The van der Waals surface area contributed by atoms with Crippen LogP contribution in [0.2, 0.25) is 0 Å². The lowest BCUT2D eigenvalue weighted by molar-refractivity contribution is 0.174. The van der Waals surface area contributed by atoms with Crippen molar-refractivity contribution in [2.75, 3.05) is 6.79 Å². The summed E-state index contributed by atoms with van der Waals surface area (Å²) < 4.78 is 12.9. The summed E-state index contributed by atoms with van der Waals surface area (Å²) in [5.74, 6) is 1.49. The van der Waals surface area contributed by atoms with Crippen molar-refractivity contribution < 1.29 is 14.6 Å². The normalized spacial score (nSPS) is 12.7. The molecule has 3 heterocycles. The van der Waals surface area contributed by atoms with Crippen molar-refractivity contribution in [3.05, 3.63) is 66.6 Å². The minimum Gasteiger partial charge on any atom is -0.454 e. The van der Waals surface area contributed by atoms with E-state index in [0.717, 1.165) is 45.2 Å². The number of hydrogen-bond acceptors (Lipinski definition) is 5. The van der Waals surface area contributed by atoms with Gasteiger partial charge in [0.05, 0.1) is 30.4 Å². The first-order chi connectivity index (χ1) is 12.8. The Morgan fingerprint density at radius 1 is 1.00 bits per heavy atom. The van der Waals surface area contributed by atoms with Crippen molar-refractivity contribution in [3.8, 4) is 34.0 Å². The summed E-state index contributed by atoms with van der Waals surface area (Å²) in [6.07, 6.45) is 5.49. The molecule has 0 saturated heterocycles. The maximum Gasteiger partial charge on any atom is 0.231 e. The highest BCUT2D eigenvalue weighted by molar-refractivity contribution is 5.70. The molecule has 4 aromatic rings. The summed E-state index contributed by atoms with van der Waals surface area (Å²) in [6.45, 7) is 0.215. The summed E-state index contributed by atoms with van der Waals surface area (Å²) in [4.78, 5) is 8.96. The maximum atomic E-state index is 9.60. The number of aromatic nitrogens is 3. The molecule has 5 rings (SSSR count). The highest BCUT2D eigenvalue weighted by Crippen LogP contribution is 2.36. The van der Waals surface area contributed by atoms with Gasteiger partial charge in [-0.05, 0) is 23.8 Å². The van der Waals surface area contributed by atoms with Gasteiger partial charge in [-0.2, -0.15) is 0 Å². The van der Waals surface area contributed by atoms with Crippen LogP contribution in [0.15, 0.2) is 61.1 Å². The molecular formula is C20H15N3O3. The fourth-order valence-electron chi connectivity index (χ4n) is 3.21. The van der Waals surface area contributed by atoms with Crippen molar-refractivity contribution in [2.45, 2.75) is 6.61 Å². The lowest BCUT2D eigenvalue weighted by Crippen LogP contribution is -1.96. The molecule has 2 aromatic heterocycles. The molecule has 128 valence electrons. The zero-order valence-electron chi connectivity index (χ0n) is 13.8. The minimum atomic E-state index is -0.0329. The van der Waals surface area contributed by atoms with Crippen LogP contribution in [0.3, 0.4) is 0 Å². The topological polar surface area (TPSA) is 68.9 Å². The van der Waals surface area contributed by atoms with E-state index in [0.29, 0.717) is 0 Å². The number of fused-ring (bicyclic) bond motifs is 2. The fourth-order valence-corrected chi connectivity index (χ4v) is 3.21. The highest BCUT2D eigenvalue weighted by Gasteiger charge is 2.16. The number of ether oxygens (including phenoxy) is 2. The van der Waals surface area contributed by atoms with Gasteiger partial charge in [0.15, 0.2) is 17.1 Å². The highest BCUT2D eigenvalue weighted by atomic mass is 16.7. The summed E-state index contributed by atoms with van der Waals surface area (Å²) >= 11 is 0. The predicted molar refractivity (Wildman–Crippen MR) is 95.9 cm³/mol. The van der Waals surface area contributed by atoms with Gasteiger partial charge in [0, 0.05) is 17.3 Å². The van der Waals surface area contributed by atoms with E-state index < -0.39 is 0 Å². The van der Waals surface area contributed by atoms with E-state index >= 15 is 0 Å². The number of aliphatic hydroxyl groups is 1. The standard InChI is InChI=1S/C20H15N3O3/c24-11-14-3-1-2-4-15(14)16-10-23-17(8-22-20(23)9-21-16)13-5-6-18-19(7-13)26-12-25-18/h1-10,24H,11-12H2. The number of hydrogen-bond donors (Lipinski definition) is 1. The summed E-state index contributed by atoms with van der Waals surface area (Å²) in [7, 11) is 0. The molecule has 0 saturated carbocycles. The Labute approximate surface area is 149 Å². The molecular weight excluding hydrogens is 330 g/mol. The van der Waals surface area contributed by atoms with Crippen LogP contribution < -0.4 is 9.47 Å². The van der Waals surface area contributed by atoms with E-state index in [1.165, 1.54) is 0 Å². The molecule has 2 aromatic carbocycles. The quantitative estimate of drug-likeness (QED) is 0.617. The molecule has 0 atom stereocenters. The van der Waals surface area contributed by atoms with Gasteiger partial charge in [-0.25, -0.2) is 4.98 Å². The van der Waals surface area contributed by atoms with Gasteiger partial charge in [-0.15, -0.1) is 0 Å². The van der Waals surface area contributed by atoms with E-state index in [4.69, 9.17) is 9.47 Å². The van der Waals surface area contributed by atoms with Gasteiger partial charge in [0.1, 0.15) is 0 Å². The van der Waals surface area contributed by atoms with Crippen LogP contribution in [0.25, 0.3) is 28.2 Å². The lowest BCUT2D eigenvalue weighted by atomic mass is 10.1. The SMILES string of the molecule is OCc1ccccc1-c1cn2c(-c3ccc4c(c3)OCO4)cnc2cn1. The molecule has 0 fully saturated rings. The lowest BCUT2D eigenvalue weighted by Gasteiger charge is -2.08. The molecule has 26 heavy (non-hydrogen) atoms. The summed E-state index contributed by atoms with van der Waals surface area (Å²) in [5.41, 5.74) is 5.19. The van der Waals surface area contributed by atoms with E-state index in [1.807, 2.05) is 59.3 Å². The number of imidazole rings is 1. The first-order valence-electron chi connectivity index (χ1n) is 8.26. The smallest absolute Gasteiger partial charge is 0.231 e. The summed E-state index contributed by atoms with van der Waals surface area (Å²) in [6, 6.07) is 13.5. The van der Waals surface area contributed by atoms with Crippen LogP contribution in [-0.2, 0) is 6.61 Å². The van der Waals surface area contributed by atoms with Gasteiger partial charge >= 0.3 is 0 Å². The molecule has 0 spiro atoms. The van der Waals surface area contributed by atoms with E-state index in [9.17, 15) is 5.11 Å². The molecule has 0 radical (unpaired) electrons. The Morgan fingerprint density at radius 2 is 1.88 bits per heavy atom. The zero-order chi connectivity index (χ0) is 17.5. The van der Waals surface area contributed by atoms with Crippen molar-refractivity contribution in [1.29, 1.82) is 0 Å². The van der Waals surface area contributed by atoms with Crippen molar-refractivity contribution in [1.82, 2.24) is 14.4 Å². The van der Waals surface area contributed by atoms with E-state index in [2.05, 4.69) is 9.97 Å². The molecule has 0 aliphatic carbocycles. The Morgan fingerprint density at radius 3 is 2.81 bits per heavy atom. The number of benzene rings is 2. The second kappa shape index (κ2) is 5.86. The third kappa shape index (κ3) is 2.31. The predicted octanol–water partition coefficient (Wildman–Crippen LogP) is 3.28. The fraction of sp³-hybridized carbons (Fsp3) is 0.100. The molecule has 1 N–H and O–H groups in total. The molecule has 1 aliphatic rings. The Hall–Kier alpha value is -3.38. The average Bonchev–Trinajstić information content (AvgIpc) is 3.33. The Bertz CT molecular complexity index is 1120. The van der Waals surface area contributed by atoms with Gasteiger partial charge in [0.25, 0.3) is 0 Å². The monoisotopic (exact) mass is 345 g/mol. The van der Waals surface area contributed by atoms with Crippen molar-refractivity contribution in [3.63, 3.8) is 0 Å². The van der Waals surface area contributed by atoms with E-state index in [-0.39, 0.29) is 13.4 Å². The maximum absolute atomic E-state index is 9.60. The van der Waals surface area contributed by atoms with Crippen molar-refractivity contribution in [2.24, 2.45) is 0 Å². The van der Waals surface area contributed by atoms with Crippen LogP contribution in [0.5, 0.6) is 11.5 Å². The largest absolute Gasteiger partial charge is 0.454 e. The molecule has 0 unspecified atom stereocenters. The average molecular weight is 345 g/mol. The van der Waals surface area contributed by atoms with Crippen LogP contribution >= 0.6 is 0 Å². The number of rotatable bonds is 3. The number of aliphatic hydroxyl groups excluding tert-OH is 1. The van der Waals surface area contributed by atoms with Crippen LogP contribution in [0.1, 0.15) is 5.56 Å². The van der Waals surface area contributed by atoms with Gasteiger partial charge < -0.3 is 14.6 Å². The molecule has 0 amide bonds. The first-order valence-corrected chi connectivity index (χ1v) is 8.26. The molecule has 0 bridgehead atoms. The Kier molecular flexibility index (Phi) is 3.36. The first kappa shape index (κ1) is 14.9. The molecule has 6 heteroatoms. The summed E-state index contributed by atoms with van der Waals surface area (Å²) in [5, 5.41) is 9.60. The van der Waals surface area contributed by atoms with Crippen LogP contribution in [0.4, 0.5) is 0 Å². The van der Waals surface area contributed by atoms with E-state index in [1.54, 1.807) is 6.20 Å².